The summed E-state index contributed by atoms with van der Waals surface area (Å²) in [6, 6.07) is 9.65. The number of nitrogens with zero attached hydrogens (tertiary/aromatic N) is 4. The zero-order chi connectivity index (χ0) is 21.3. The van der Waals surface area contributed by atoms with Crippen LogP contribution in [-0.4, -0.2) is 28.5 Å². The molecular weight excluding hydrogens is 402 g/mol. The van der Waals surface area contributed by atoms with Crippen molar-refractivity contribution in [2.24, 2.45) is 5.92 Å². The number of rotatable bonds is 6. The van der Waals surface area contributed by atoms with Crippen molar-refractivity contribution < 1.29 is 12.9 Å². The molecule has 0 saturated heterocycles. The van der Waals surface area contributed by atoms with Gasteiger partial charge in [-0.3, -0.25) is 9.97 Å². The van der Waals surface area contributed by atoms with E-state index >= 15 is 0 Å². The largest absolute Gasteiger partial charge is 0.337 e. The van der Waals surface area contributed by atoms with Gasteiger partial charge < -0.3 is 4.52 Å². The van der Waals surface area contributed by atoms with E-state index in [0.29, 0.717) is 16.7 Å². The van der Waals surface area contributed by atoms with Crippen molar-refractivity contribution in [3.8, 4) is 11.4 Å². The molecule has 0 bridgehead atoms. The molecule has 3 aromatic heterocycles. The Morgan fingerprint density at radius 1 is 1.03 bits per heavy atom. The molecule has 154 valence electrons. The Labute approximate surface area is 174 Å². The SMILES string of the molecule is Cc1ccc(S(=O)(=O)NC(c2nc(-c3ccncc3)no2)C(C)C)c2cccnc12. The Balaban J connectivity index is 1.71. The van der Waals surface area contributed by atoms with E-state index in [9.17, 15) is 8.42 Å². The predicted octanol–water partition coefficient (Wildman–Crippen LogP) is 3.66. The van der Waals surface area contributed by atoms with Gasteiger partial charge in [0.05, 0.1) is 10.4 Å². The predicted molar refractivity (Wildman–Crippen MR) is 112 cm³/mol. The van der Waals surface area contributed by atoms with Gasteiger partial charge in [0.2, 0.25) is 21.7 Å². The lowest BCUT2D eigenvalue weighted by Crippen LogP contribution is -2.32. The summed E-state index contributed by atoms with van der Waals surface area (Å²) in [6.07, 6.45) is 4.91. The lowest BCUT2D eigenvalue weighted by Gasteiger charge is -2.19. The summed E-state index contributed by atoms with van der Waals surface area (Å²) in [6.45, 7) is 5.67. The molecule has 0 fully saturated rings. The first-order valence-electron chi connectivity index (χ1n) is 9.47. The third-order valence-electron chi connectivity index (χ3n) is 4.82. The molecule has 3 heterocycles. The summed E-state index contributed by atoms with van der Waals surface area (Å²) < 4.78 is 34.7. The molecule has 1 unspecified atom stereocenters. The molecule has 0 spiro atoms. The molecular formula is C21H21N5O3S. The number of sulfonamides is 1. The van der Waals surface area contributed by atoms with E-state index in [2.05, 4.69) is 24.8 Å². The molecule has 30 heavy (non-hydrogen) atoms. The van der Waals surface area contributed by atoms with Crippen molar-refractivity contribution in [1.29, 1.82) is 0 Å². The van der Waals surface area contributed by atoms with E-state index in [1.807, 2.05) is 20.8 Å². The van der Waals surface area contributed by atoms with Gasteiger partial charge in [0.15, 0.2) is 0 Å². The molecule has 1 atom stereocenters. The summed E-state index contributed by atoms with van der Waals surface area (Å²) in [4.78, 5) is 12.9. The number of benzene rings is 1. The fourth-order valence-electron chi connectivity index (χ4n) is 3.20. The second-order valence-electron chi connectivity index (χ2n) is 7.32. The number of aryl methyl sites for hydroxylation is 1. The maximum absolute atomic E-state index is 13.3. The summed E-state index contributed by atoms with van der Waals surface area (Å²) in [5, 5.41) is 4.56. The van der Waals surface area contributed by atoms with Crippen molar-refractivity contribution in [2.45, 2.75) is 31.7 Å². The fourth-order valence-corrected chi connectivity index (χ4v) is 4.74. The van der Waals surface area contributed by atoms with Crippen LogP contribution < -0.4 is 4.72 Å². The third-order valence-corrected chi connectivity index (χ3v) is 6.32. The standard InChI is InChI=1S/C21H21N5O3S/c1-13(2)18(21-24-20(25-29-21)15-8-11-22-12-9-15)26-30(27,28)17-7-6-14(3)19-16(17)5-4-10-23-19/h4-13,18,26H,1-3H3. The number of hydrogen-bond acceptors (Lipinski definition) is 7. The highest BCUT2D eigenvalue weighted by Crippen LogP contribution is 2.28. The lowest BCUT2D eigenvalue weighted by atomic mass is 10.1. The fraction of sp³-hybridized carbons (Fsp3) is 0.238. The Bertz CT molecular complexity index is 1290. The first-order chi connectivity index (χ1) is 14.4. The second kappa shape index (κ2) is 7.92. The van der Waals surface area contributed by atoms with Crippen molar-refractivity contribution in [3.63, 3.8) is 0 Å². The van der Waals surface area contributed by atoms with Crippen LogP contribution in [0.5, 0.6) is 0 Å². The molecule has 1 N–H and O–H groups in total. The smallest absolute Gasteiger partial charge is 0.245 e. The van der Waals surface area contributed by atoms with Crippen molar-refractivity contribution in [2.75, 3.05) is 0 Å². The minimum atomic E-state index is -3.88. The summed E-state index contributed by atoms with van der Waals surface area (Å²) >= 11 is 0. The number of aromatic nitrogens is 4. The molecule has 0 aliphatic carbocycles. The lowest BCUT2D eigenvalue weighted by molar-refractivity contribution is 0.311. The van der Waals surface area contributed by atoms with Gasteiger partial charge in [-0.2, -0.15) is 9.71 Å². The first kappa shape index (κ1) is 20.1. The van der Waals surface area contributed by atoms with Crippen LogP contribution in [0.15, 0.2) is 64.4 Å². The maximum Gasteiger partial charge on any atom is 0.245 e. The van der Waals surface area contributed by atoms with Crippen LogP contribution in [0.4, 0.5) is 0 Å². The summed E-state index contributed by atoms with van der Waals surface area (Å²) in [7, 11) is -3.88. The summed E-state index contributed by atoms with van der Waals surface area (Å²) in [5.41, 5.74) is 2.30. The normalized spacial score (nSPS) is 13.1. The van der Waals surface area contributed by atoms with Gasteiger partial charge in [-0.1, -0.05) is 25.1 Å². The Hall–Kier alpha value is -3.17. The molecule has 0 radical (unpaired) electrons. The van der Waals surface area contributed by atoms with Gasteiger partial charge in [-0.05, 0) is 48.7 Å². The highest BCUT2D eigenvalue weighted by molar-refractivity contribution is 7.89. The van der Waals surface area contributed by atoms with Crippen LogP contribution >= 0.6 is 0 Å². The van der Waals surface area contributed by atoms with Crippen LogP contribution in [0.1, 0.15) is 31.3 Å². The molecule has 4 aromatic rings. The van der Waals surface area contributed by atoms with E-state index in [1.165, 1.54) is 0 Å². The van der Waals surface area contributed by atoms with Gasteiger partial charge in [0.1, 0.15) is 6.04 Å². The second-order valence-corrected chi connectivity index (χ2v) is 9.00. The van der Waals surface area contributed by atoms with Gasteiger partial charge in [-0.15, -0.1) is 0 Å². The molecule has 0 saturated carbocycles. The number of hydrogen-bond donors (Lipinski definition) is 1. The van der Waals surface area contributed by atoms with Crippen molar-refractivity contribution >= 4 is 20.9 Å². The summed E-state index contributed by atoms with van der Waals surface area (Å²) in [5.74, 6) is 0.456. The Morgan fingerprint density at radius 2 is 1.80 bits per heavy atom. The van der Waals surface area contributed by atoms with Crippen molar-refractivity contribution in [3.05, 3.63) is 66.4 Å². The molecule has 0 aliphatic heterocycles. The molecule has 0 amide bonds. The van der Waals surface area contributed by atoms with E-state index < -0.39 is 16.1 Å². The van der Waals surface area contributed by atoms with Crippen LogP contribution in [0, 0.1) is 12.8 Å². The molecule has 8 nitrogen and oxygen atoms in total. The molecule has 9 heteroatoms. The van der Waals surface area contributed by atoms with E-state index in [4.69, 9.17) is 4.52 Å². The third kappa shape index (κ3) is 3.81. The van der Waals surface area contributed by atoms with E-state index in [0.717, 1.165) is 11.1 Å². The Morgan fingerprint density at radius 3 is 2.53 bits per heavy atom. The van der Waals surface area contributed by atoms with Gasteiger partial charge >= 0.3 is 0 Å². The number of fused-ring (bicyclic) bond motifs is 1. The molecule has 4 rings (SSSR count). The number of nitrogens with one attached hydrogen (secondary N) is 1. The van der Waals surface area contributed by atoms with Gasteiger partial charge in [0, 0.05) is 29.5 Å². The van der Waals surface area contributed by atoms with E-state index in [-0.39, 0.29) is 16.7 Å². The highest BCUT2D eigenvalue weighted by atomic mass is 32.2. The average Bonchev–Trinajstić information content (AvgIpc) is 3.23. The van der Waals surface area contributed by atoms with Crippen LogP contribution in [-0.2, 0) is 10.0 Å². The highest BCUT2D eigenvalue weighted by Gasteiger charge is 2.30. The van der Waals surface area contributed by atoms with Gasteiger partial charge in [0.25, 0.3) is 0 Å². The first-order valence-corrected chi connectivity index (χ1v) is 11.0. The molecule has 1 aromatic carbocycles. The topological polar surface area (TPSA) is 111 Å². The average molecular weight is 423 g/mol. The zero-order valence-corrected chi connectivity index (χ0v) is 17.6. The van der Waals surface area contributed by atoms with Crippen molar-refractivity contribution in [1.82, 2.24) is 24.8 Å². The van der Waals surface area contributed by atoms with Gasteiger partial charge in [-0.25, -0.2) is 8.42 Å². The van der Waals surface area contributed by atoms with Crippen LogP contribution in [0.2, 0.25) is 0 Å². The number of pyridine rings is 2. The van der Waals surface area contributed by atoms with E-state index in [1.54, 1.807) is 55.0 Å². The minimum Gasteiger partial charge on any atom is -0.337 e. The monoisotopic (exact) mass is 423 g/mol. The maximum atomic E-state index is 13.3. The quantitative estimate of drug-likeness (QED) is 0.504. The van der Waals surface area contributed by atoms with Crippen LogP contribution in [0.25, 0.3) is 22.3 Å². The Kier molecular flexibility index (Phi) is 5.31. The minimum absolute atomic E-state index is 0.125. The van der Waals surface area contributed by atoms with Crippen LogP contribution in [0.3, 0.4) is 0 Å². The zero-order valence-electron chi connectivity index (χ0n) is 16.8. The molecule has 0 aliphatic rings.